The van der Waals surface area contributed by atoms with E-state index in [4.69, 9.17) is 0 Å². The Hall–Kier alpha value is 1.05. The average Bonchev–Trinajstić information content (AvgIpc) is 1.83. The summed E-state index contributed by atoms with van der Waals surface area (Å²) in [5.74, 6) is 1.18. The van der Waals surface area contributed by atoms with Gasteiger partial charge in [0.05, 0.1) is 4.58 Å². The highest BCUT2D eigenvalue weighted by Gasteiger charge is 2.02. The van der Waals surface area contributed by atoms with Gasteiger partial charge in [-0.15, -0.1) is 23.5 Å². The third kappa shape index (κ3) is 3.98. The quantitative estimate of drug-likeness (QED) is 0.631. The van der Waals surface area contributed by atoms with E-state index in [-0.39, 0.29) is 0 Å². The molecule has 0 aliphatic carbocycles. The van der Waals surface area contributed by atoms with Crippen LogP contribution in [-0.4, -0.2) is 24.5 Å². The van der Waals surface area contributed by atoms with E-state index in [0.717, 1.165) is 0 Å². The fraction of sp³-hybridized carbons (Fsp3) is 0.800. The van der Waals surface area contributed by atoms with Crippen molar-refractivity contribution in [3.8, 4) is 0 Å². The summed E-state index contributed by atoms with van der Waals surface area (Å²) in [7, 11) is 0. The molecule has 0 aromatic carbocycles. The molecule has 0 aliphatic rings. The van der Waals surface area contributed by atoms with Gasteiger partial charge in [-0.05, 0) is 18.8 Å². The van der Waals surface area contributed by atoms with Crippen LogP contribution < -0.4 is 0 Å². The molecule has 0 fully saturated rings. The van der Waals surface area contributed by atoms with Gasteiger partial charge in [0.1, 0.15) is 0 Å². The van der Waals surface area contributed by atoms with Crippen LogP contribution in [0.15, 0.2) is 0 Å². The van der Waals surface area contributed by atoms with Gasteiger partial charge in [0.2, 0.25) is 0 Å². The van der Waals surface area contributed by atoms with Crippen LogP contribution in [0.1, 0.15) is 0 Å². The van der Waals surface area contributed by atoms with Gasteiger partial charge in [-0.3, -0.25) is 0 Å². The highest BCUT2D eigenvalue weighted by Crippen LogP contribution is 2.29. The maximum Gasteiger partial charge on any atom is 0.0939 e. The van der Waals surface area contributed by atoms with Crippen molar-refractivity contribution >= 4 is 35.3 Å². The van der Waals surface area contributed by atoms with E-state index in [0.29, 0.717) is 0 Å². The van der Waals surface area contributed by atoms with Gasteiger partial charge in [0.25, 0.3) is 0 Å². The molecule has 0 N–H and O–H groups in total. The Labute approximate surface area is 64.6 Å². The zero-order valence-corrected chi connectivity index (χ0v) is 7.88. The predicted octanol–water partition coefficient (Wildman–Crippen LogP) is 2.56. The molecule has 0 rings (SSSR count). The van der Waals surface area contributed by atoms with Gasteiger partial charge in [-0.1, -0.05) is 0 Å². The van der Waals surface area contributed by atoms with E-state index in [1.165, 1.54) is 10.3 Å². The SMILES string of the molecule is CSC[C](SC)SC. The number of thioether (sulfide) groups is 3. The molecule has 0 aliphatic heterocycles. The molecular formula is C5H11S3. The topological polar surface area (TPSA) is 0 Å². The predicted molar refractivity (Wildman–Crippen MR) is 48.7 cm³/mol. The van der Waals surface area contributed by atoms with Crippen LogP contribution >= 0.6 is 35.3 Å². The first-order chi connectivity index (χ1) is 3.85. The summed E-state index contributed by atoms with van der Waals surface area (Å²) < 4.78 is 1.51. The molecule has 0 aromatic heterocycles. The van der Waals surface area contributed by atoms with E-state index in [2.05, 4.69) is 18.8 Å². The Morgan fingerprint density at radius 1 is 1.12 bits per heavy atom. The fourth-order valence-electron chi connectivity index (χ4n) is 0.319. The van der Waals surface area contributed by atoms with Gasteiger partial charge < -0.3 is 0 Å². The van der Waals surface area contributed by atoms with Crippen molar-refractivity contribution in [2.45, 2.75) is 0 Å². The molecule has 49 valence electrons. The van der Waals surface area contributed by atoms with Gasteiger partial charge in [0, 0.05) is 5.75 Å². The van der Waals surface area contributed by atoms with Crippen LogP contribution in [0.2, 0.25) is 0 Å². The van der Waals surface area contributed by atoms with Gasteiger partial charge >= 0.3 is 0 Å². The molecule has 0 nitrogen and oxygen atoms in total. The summed E-state index contributed by atoms with van der Waals surface area (Å²) in [6, 6.07) is 0. The monoisotopic (exact) mass is 167 g/mol. The van der Waals surface area contributed by atoms with E-state index >= 15 is 0 Å². The Balaban J connectivity index is 3.07. The molecule has 0 saturated carbocycles. The summed E-state index contributed by atoms with van der Waals surface area (Å²) in [5.41, 5.74) is 0. The largest absolute Gasteiger partial charge is 0.163 e. The molecule has 3 heteroatoms. The molecular weight excluding hydrogens is 156 g/mol. The third-order valence-electron chi connectivity index (χ3n) is 0.718. The van der Waals surface area contributed by atoms with Crippen LogP contribution in [0, 0.1) is 4.58 Å². The Bertz CT molecular complexity index is 42.9. The van der Waals surface area contributed by atoms with Crippen LogP contribution in [0.25, 0.3) is 0 Å². The van der Waals surface area contributed by atoms with Gasteiger partial charge in [0.15, 0.2) is 0 Å². The lowest BCUT2D eigenvalue weighted by molar-refractivity contribution is 1.69. The normalized spacial score (nSPS) is 10.5. The fourth-order valence-corrected chi connectivity index (χ4v) is 2.87. The first-order valence-corrected chi connectivity index (χ1v) is 6.12. The lowest BCUT2D eigenvalue weighted by Crippen LogP contribution is -1.86. The van der Waals surface area contributed by atoms with Crippen LogP contribution in [0.4, 0.5) is 0 Å². The summed E-state index contributed by atoms with van der Waals surface area (Å²) >= 11 is 5.59. The molecule has 0 spiro atoms. The van der Waals surface area contributed by atoms with Crippen molar-refractivity contribution in [3.05, 3.63) is 4.58 Å². The molecule has 0 atom stereocenters. The van der Waals surface area contributed by atoms with Crippen LogP contribution in [0.5, 0.6) is 0 Å². The smallest absolute Gasteiger partial charge is 0.0939 e. The summed E-state index contributed by atoms with van der Waals surface area (Å²) in [4.78, 5) is 0. The maximum absolute atomic E-state index is 2.13. The first-order valence-electron chi connectivity index (χ1n) is 2.28. The number of hydrogen-bond acceptors (Lipinski definition) is 3. The standard InChI is InChI=1S/C5H11S3/c1-6-4-5(7-2)8-3/h4H2,1-3H3. The zero-order chi connectivity index (χ0) is 6.41. The van der Waals surface area contributed by atoms with E-state index in [1.807, 2.05) is 35.3 Å². The van der Waals surface area contributed by atoms with Crippen molar-refractivity contribution in [3.63, 3.8) is 0 Å². The number of hydrogen-bond donors (Lipinski definition) is 0. The van der Waals surface area contributed by atoms with Crippen LogP contribution in [0.3, 0.4) is 0 Å². The Morgan fingerprint density at radius 3 is 1.75 bits per heavy atom. The number of rotatable bonds is 4. The second kappa shape index (κ2) is 6.17. The first kappa shape index (κ1) is 9.05. The van der Waals surface area contributed by atoms with Gasteiger partial charge in [-0.25, -0.2) is 0 Å². The summed E-state index contributed by atoms with van der Waals surface area (Å²) in [6.45, 7) is 0. The van der Waals surface area contributed by atoms with Crippen LogP contribution in [-0.2, 0) is 0 Å². The highest BCUT2D eigenvalue weighted by molar-refractivity contribution is 8.21. The van der Waals surface area contributed by atoms with E-state index in [9.17, 15) is 0 Å². The molecule has 0 aromatic rings. The van der Waals surface area contributed by atoms with E-state index < -0.39 is 0 Å². The second-order valence-corrected chi connectivity index (χ2v) is 4.14. The maximum atomic E-state index is 2.13. The zero-order valence-electron chi connectivity index (χ0n) is 5.43. The molecule has 8 heavy (non-hydrogen) atoms. The molecule has 0 heterocycles. The second-order valence-electron chi connectivity index (χ2n) is 1.21. The highest BCUT2D eigenvalue weighted by atomic mass is 32.2. The minimum Gasteiger partial charge on any atom is -0.163 e. The third-order valence-corrected chi connectivity index (χ3v) is 3.86. The summed E-state index contributed by atoms with van der Waals surface area (Å²) in [6.07, 6.45) is 6.39. The molecule has 0 unspecified atom stereocenters. The van der Waals surface area contributed by atoms with E-state index in [1.54, 1.807) is 0 Å². The minimum absolute atomic E-state index is 1.18. The average molecular weight is 167 g/mol. The van der Waals surface area contributed by atoms with Crippen molar-refractivity contribution in [2.24, 2.45) is 0 Å². The lowest BCUT2D eigenvalue weighted by atomic mass is 10.9. The molecule has 0 bridgehead atoms. The Morgan fingerprint density at radius 2 is 1.62 bits per heavy atom. The van der Waals surface area contributed by atoms with Crippen molar-refractivity contribution < 1.29 is 0 Å². The molecule has 1 radical (unpaired) electrons. The molecule has 0 amide bonds. The van der Waals surface area contributed by atoms with Crippen molar-refractivity contribution in [1.29, 1.82) is 0 Å². The van der Waals surface area contributed by atoms with Crippen molar-refractivity contribution in [2.75, 3.05) is 24.5 Å². The Kier molecular flexibility index (Phi) is 6.98. The molecule has 0 saturated heterocycles. The minimum atomic E-state index is 1.18. The lowest BCUT2D eigenvalue weighted by Gasteiger charge is -2.05. The van der Waals surface area contributed by atoms with Gasteiger partial charge in [-0.2, -0.15) is 11.8 Å². The van der Waals surface area contributed by atoms with Crippen molar-refractivity contribution in [1.82, 2.24) is 0 Å². The summed E-state index contributed by atoms with van der Waals surface area (Å²) in [5, 5.41) is 0.